The number of aryl methyl sites for hydroxylation is 1. The van der Waals surface area contributed by atoms with E-state index in [4.69, 9.17) is 0 Å². The van der Waals surface area contributed by atoms with E-state index in [1.807, 2.05) is 77.7 Å². The van der Waals surface area contributed by atoms with Crippen molar-refractivity contribution in [1.82, 2.24) is 24.2 Å². The van der Waals surface area contributed by atoms with Crippen LogP contribution in [0.4, 0.5) is 5.69 Å². The summed E-state index contributed by atoms with van der Waals surface area (Å²) >= 11 is 0. The predicted molar refractivity (Wildman–Crippen MR) is 129 cm³/mol. The van der Waals surface area contributed by atoms with Crippen molar-refractivity contribution in [2.24, 2.45) is 0 Å². The molecule has 2 aromatic heterocycles. The number of para-hydroxylation sites is 3. The van der Waals surface area contributed by atoms with Crippen LogP contribution < -0.4 is 11.0 Å². The van der Waals surface area contributed by atoms with Crippen LogP contribution in [-0.2, 0) is 4.79 Å². The highest BCUT2D eigenvalue weighted by Gasteiger charge is 2.25. The quantitative estimate of drug-likeness (QED) is 0.494. The van der Waals surface area contributed by atoms with Crippen molar-refractivity contribution in [3.05, 3.63) is 76.5 Å². The number of H-pyrrole nitrogens is 1. The second-order valence-corrected chi connectivity index (χ2v) is 8.67. The molecule has 8 heteroatoms. The molecule has 33 heavy (non-hydrogen) atoms. The molecule has 5 rings (SSSR count). The molecule has 1 saturated heterocycles. The Balaban J connectivity index is 1.22. The number of piperidine rings is 1. The maximum atomic E-state index is 12.8. The predicted octanol–water partition coefficient (Wildman–Crippen LogP) is 3.41. The number of aromatic nitrogens is 4. The van der Waals surface area contributed by atoms with Gasteiger partial charge in [0.15, 0.2) is 0 Å². The van der Waals surface area contributed by atoms with Gasteiger partial charge >= 0.3 is 5.69 Å². The van der Waals surface area contributed by atoms with Gasteiger partial charge in [-0.2, -0.15) is 5.10 Å². The topological polar surface area (TPSA) is 87.9 Å². The molecule has 0 atom stereocenters. The molecular weight excluding hydrogens is 416 g/mol. The number of carbonyl (C=O) groups excluding carboxylic acids is 1. The number of hydrogen-bond acceptors (Lipinski definition) is 4. The average molecular weight is 445 g/mol. The van der Waals surface area contributed by atoms with Crippen LogP contribution in [0.1, 0.15) is 30.3 Å². The molecule has 0 spiro atoms. The van der Waals surface area contributed by atoms with E-state index in [1.54, 1.807) is 0 Å². The van der Waals surface area contributed by atoms with Crippen molar-refractivity contribution in [3.63, 3.8) is 0 Å². The summed E-state index contributed by atoms with van der Waals surface area (Å²) in [6, 6.07) is 17.8. The summed E-state index contributed by atoms with van der Waals surface area (Å²) in [5.74, 6) is -0.0449. The van der Waals surface area contributed by atoms with Crippen LogP contribution in [0.2, 0.25) is 0 Å². The molecule has 1 aliphatic rings. The molecule has 1 fully saturated rings. The Morgan fingerprint density at radius 1 is 1.06 bits per heavy atom. The van der Waals surface area contributed by atoms with Gasteiger partial charge in [-0.25, -0.2) is 9.48 Å². The van der Waals surface area contributed by atoms with E-state index in [-0.39, 0.29) is 17.6 Å². The van der Waals surface area contributed by atoms with Crippen molar-refractivity contribution < 1.29 is 4.79 Å². The summed E-state index contributed by atoms with van der Waals surface area (Å²) in [4.78, 5) is 30.4. The number of amides is 1. The van der Waals surface area contributed by atoms with Crippen LogP contribution in [0.25, 0.3) is 16.7 Å². The van der Waals surface area contributed by atoms with Gasteiger partial charge in [-0.15, -0.1) is 0 Å². The Labute approximate surface area is 191 Å². The molecule has 1 amide bonds. The number of rotatable bonds is 5. The van der Waals surface area contributed by atoms with E-state index in [0.29, 0.717) is 6.54 Å². The number of fused-ring (bicyclic) bond motifs is 1. The molecule has 0 bridgehead atoms. The number of benzene rings is 2. The molecule has 0 saturated carbocycles. The Morgan fingerprint density at radius 3 is 2.52 bits per heavy atom. The molecule has 2 N–H and O–H groups in total. The lowest BCUT2D eigenvalue weighted by atomic mass is 10.0. The normalized spacial score (nSPS) is 15.2. The first-order valence-electron chi connectivity index (χ1n) is 11.3. The Hall–Kier alpha value is -3.65. The molecular formula is C25H28N6O2. The van der Waals surface area contributed by atoms with Gasteiger partial charge in [-0.3, -0.25) is 14.3 Å². The zero-order valence-electron chi connectivity index (χ0n) is 18.9. The van der Waals surface area contributed by atoms with Gasteiger partial charge < -0.3 is 10.3 Å². The molecule has 170 valence electrons. The Bertz CT molecular complexity index is 1340. The molecule has 2 aromatic carbocycles. The van der Waals surface area contributed by atoms with Gasteiger partial charge in [-0.1, -0.05) is 30.3 Å². The minimum absolute atomic E-state index is 0.0449. The number of aromatic amines is 1. The zero-order chi connectivity index (χ0) is 22.9. The first-order chi connectivity index (χ1) is 16.0. The monoisotopic (exact) mass is 444 g/mol. The van der Waals surface area contributed by atoms with E-state index < -0.39 is 0 Å². The van der Waals surface area contributed by atoms with E-state index in [2.05, 4.69) is 20.3 Å². The van der Waals surface area contributed by atoms with Gasteiger partial charge in [0, 0.05) is 19.1 Å². The SMILES string of the molecule is Cc1nn(-c2ccccc2)c(C)c1NC(=O)CN1CCC(n2c(=O)[nH]c3ccccc32)CC1. The lowest BCUT2D eigenvalue weighted by molar-refractivity contribution is -0.117. The van der Waals surface area contributed by atoms with Crippen molar-refractivity contribution in [2.45, 2.75) is 32.7 Å². The summed E-state index contributed by atoms with van der Waals surface area (Å²) in [7, 11) is 0. The largest absolute Gasteiger partial charge is 0.326 e. The zero-order valence-corrected chi connectivity index (χ0v) is 18.9. The lowest BCUT2D eigenvalue weighted by Gasteiger charge is -2.32. The minimum atomic E-state index is -0.0613. The van der Waals surface area contributed by atoms with Crippen LogP contribution in [0, 0.1) is 13.8 Å². The maximum absolute atomic E-state index is 12.8. The fourth-order valence-corrected chi connectivity index (χ4v) is 4.80. The summed E-state index contributed by atoms with van der Waals surface area (Å²) in [6.45, 7) is 5.74. The second-order valence-electron chi connectivity index (χ2n) is 8.67. The molecule has 0 radical (unpaired) electrons. The van der Waals surface area contributed by atoms with Crippen molar-refractivity contribution in [3.8, 4) is 5.69 Å². The molecule has 3 heterocycles. The summed E-state index contributed by atoms with van der Waals surface area (Å²) in [6.07, 6.45) is 1.66. The van der Waals surface area contributed by atoms with Crippen molar-refractivity contribution in [2.75, 3.05) is 25.0 Å². The average Bonchev–Trinajstić information content (AvgIpc) is 3.30. The highest BCUT2D eigenvalue weighted by Crippen LogP contribution is 2.26. The molecule has 4 aromatic rings. The molecule has 1 aliphatic heterocycles. The molecule has 0 unspecified atom stereocenters. The van der Waals surface area contributed by atoms with Crippen LogP contribution in [0.3, 0.4) is 0 Å². The van der Waals surface area contributed by atoms with Crippen molar-refractivity contribution in [1.29, 1.82) is 0 Å². The number of likely N-dealkylation sites (tertiary alicyclic amines) is 1. The van der Waals surface area contributed by atoms with Crippen LogP contribution in [0.5, 0.6) is 0 Å². The Morgan fingerprint density at radius 2 is 1.76 bits per heavy atom. The highest BCUT2D eigenvalue weighted by molar-refractivity contribution is 5.93. The number of carbonyl (C=O) groups is 1. The third-order valence-electron chi connectivity index (χ3n) is 6.47. The number of anilines is 1. The third-order valence-corrected chi connectivity index (χ3v) is 6.47. The Kier molecular flexibility index (Phi) is 5.60. The lowest BCUT2D eigenvalue weighted by Crippen LogP contribution is -2.41. The molecule has 0 aliphatic carbocycles. The van der Waals surface area contributed by atoms with Crippen LogP contribution >= 0.6 is 0 Å². The fourth-order valence-electron chi connectivity index (χ4n) is 4.80. The molecule has 8 nitrogen and oxygen atoms in total. The number of hydrogen-bond donors (Lipinski definition) is 2. The summed E-state index contributed by atoms with van der Waals surface area (Å²) in [5.41, 5.74) is 5.18. The van der Waals surface area contributed by atoms with E-state index >= 15 is 0 Å². The minimum Gasteiger partial charge on any atom is -0.322 e. The van der Waals surface area contributed by atoms with Gasteiger partial charge in [0.05, 0.1) is 40.3 Å². The van der Waals surface area contributed by atoms with E-state index in [0.717, 1.165) is 59.7 Å². The highest BCUT2D eigenvalue weighted by atomic mass is 16.2. The summed E-state index contributed by atoms with van der Waals surface area (Å²) in [5, 5.41) is 7.67. The van der Waals surface area contributed by atoms with Crippen LogP contribution in [-0.4, -0.2) is 49.8 Å². The fraction of sp³-hybridized carbons (Fsp3) is 0.320. The maximum Gasteiger partial charge on any atom is 0.326 e. The van der Waals surface area contributed by atoms with E-state index in [1.165, 1.54) is 0 Å². The van der Waals surface area contributed by atoms with Crippen LogP contribution in [0.15, 0.2) is 59.4 Å². The van der Waals surface area contributed by atoms with Crippen molar-refractivity contribution >= 4 is 22.6 Å². The van der Waals surface area contributed by atoms with Gasteiger partial charge in [0.25, 0.3) is 0 Å². The smallest absolute Gasteiger partial charge is 0.322 e. The third kappa shape index (κ3) is 4.09. The summed E-state index contributed by atoms with van der Waals surface area (Å²) < 4.78 is 3.73. The van der Waals surface area contributed by atoms with Gasteiger partial charge in [-0.05, 0) is 51.0 Å². The van der Waals surface area contributed by atoms with E-state index in [9.17, 15) is 9.59 Å². The standard InChI is InChI=1S/C25H28N6O2/c1-17-24(18(2)31(28-17)20-8-4-3-5-9-20)27-23(32)16-29-14-12-19(13-15-29)30-22-11-7-6-10-21(22)26-25(30)33/h3-11,19H,12-16H2,1-2H3,(H,26,33)(H,27,32). The number of nitrogens with zero attached hydrogens (tertiary/aromatic N) is 4. The first kappa shape index (κ1) is 21.2. The van der Waals surface area contributed by atoms with Gasteiger partial charge in [0.1, 0.15) is 0 Å². The number of nitrogens with one attached hydrogen (secondary N) is 2. The first-order valence-corrected chi connectivity index (χ1v) is 11.3. The van der Waals surface area contributed by atoms with Gasteiger partial charge in [0.2, 0.25) is 5.91 Å². The number of imidazole rings is 1. The second kappa shape index (κ2) is 8.71.